The SMILES string of the molecule is CC#CCNCc1sc2ccccc2c1Cl. The monoisotopic (exact) mass is 249 g/mol. The molecule has 0 unspecified atom stereocenters. The van der Waals surface area contributed by atoms with Crippen LogP contribution in [0.1, 0.15) is 11.8 Å². The van der Waals surface area contributed by atoms with Crippen LogP contribution in [0.25, 0.3) is 10.1 Å². The van der Waals surface area contributed by atoms with E-state index in [1.54, 1.807) is 11.3 Å². The summed E-state index contributed by atoms with van der Waals surface area (Å²) in [5.74, 6) is 5.83. The van der Waals surface area contributed by atoms with E-state index in [1.165, 1.54) is 9.58 Å². The molecule has 0 fully saturated rings. The molecule has 3 heteroatoms. The van der Waals surface area contributed by atoms with E-state index in [2.05, 4.69) is 29.3 Å². The zero-order valence-electron chi connectivity index (χ0n) is 9.01. The molecule has 0 bridgehead atoms. The van der Waals surface area contributed by atoms with E-state index in [9.17, 15) is 0 Å². The molecule has 0 saturated carbocycles. The smallest absolute Gasteiger partial charge is 0.0636 e. The Balaban J connectivity index is 2.17. The lowest BCUT2D eigenvalue weighted by Gasteiger charge is -1.97. The standard InChI is InChI=1S/C13H12ClNS/c1-2-3-8-15-9-12-13(14)10-6-4-5-7-11(10)16-12/h4-7,15H,8-9H2,1H3. The van der Waals surface area contributed by atoms with Gasteiger partial charge < -0.3 is 5.32 Å². The van der Waals surface area contributed by atoms with Gasteiger partial charge in [0.25, 0.3) is 0 Å². The minimum Gasteiger partial charge on any atom is -0.301 e. The van der Waals surface area contributed by atoms with Crippen molar-refractivity contribution in [2.24, 2.45) is 0 Å². The van der Waals surface area contributed by atoms with Crippen molar-refractivity contribution < 1.29 is 0 Å². The molecular formula is C13H12ClNS. The fraction of sp³-hybridized carbons (Fsp3) is 0.231. The Kier molecular flexibility index (Phi) is 3.84. The fourth-order valence-corrected chi connectivity index (χ4v) is 2.97. The summed E-state index contributed by atoms with van der Waals surface area (Å²) >= 11 is 8.04. The van der Waals surface area contributed by atoms with Crippen LogP contribution in [0.3, 0.4) is 0 Å². The van der Waals surface area contributed by atoms with Gasteiger partial charge in [0.05, 0.1) is 11.6 Å². The van der Waals surface area contributed by atoms with Crippen LogP contribution < -0.4 is 5.32 Å². The molecular weight excluding hydrogens is 238 g/mol. The molecule has 2 aromatic rings. The van der Waals surface area contributed by atoms with Crippen molar-refractivity contribution in [1.82, 2.24) is 5.32 Å². The van der Waals surface area contributed by atoms with Gasteiger partial charge in [-0.05, 0) is 13.0 Å². The Bertz CT molecular complexity index is 548. The summed E-state index contributed by atoms with van der Waals surface area (Å²) in [6.07, 6.45) is 0. The average Bonchev–Trinajstić information content (AvgIpc) is 2.63. The van der Waals surface area contributed by atoms with E-state index >= 15 is 0 Å². The summed E-state index contributed by atoms with van der Waals surface area (Å²) in [4.78, 5) is 1.18. The van der Waals surface area contributed by atoms with Gasteiger partial charge in [-0.1, -0.05) is 35.7 Å². The van der Waals surface area contributed by atoms with Crippen LogP contribution in [0, 0.1) is 11.8 Å². The highest BCUT2D eigenvalue weighted by atomic mass is 35.5. The number of nitrogens with one attached hydrogen (secondary N) is 1. The number of hydrogen-bond donors (Lipinski definition) is 1. The fourth-order valence-electron chi connectivity index (χ4n) is 1.51. The zero-order valence-corrected chi connectivity index (χ0v) is 10.6. The van der Waals surface area contributed by atoms with Crippen molar-refractivity contribution >= 4 is 33.0 Å². The van der Waals surface area contributed by atoms with Crippen LogP contribution >= 0.6 is 22.9 Å². The van der Waals surface area contributed by atoms with E-state index in [-0.39, 0.29) is 0 Å². The molecule has 0 atom stereocenters. The molecule has 0 spiro atoms. The molecule has 1 aromatic heterocycles. The normalized spacial score (nSPS) is 10.1. The Labute approximate surface area is 104 Å². The van der Waals surface area contributed by atoms with E-state index in [0.717, 1.165) is 17.0 Å². The maximum absolute atomic E-state index is 6.30. The van der Waals surface area contributed by atoms with Crippen LogP contribution in [-0.4, -0.2) is 6.54 Å². The summed E-state index contributed by atoms with van der Waals surface area (Å²) in [7, 11) is 0. The summed E-state index contributed by atoms with van der Waals surface area (Å²) < 4.78 is 1.24. The Morgan fingerprint density at radius 2 is 2.19 bits per heavy atom. The van der Waals surface area contributed by atoms with Gasteiger partial charge in [0.2, 0.25) is 0 Å². The second-order valence-electron chi connectivity index (χ2n) is 3.37. The van der Waals surface area contributed by atoms with Crippen molar-refractivity contribution in [1.29, 1.82) is 0 Å². The van der Waals surface area contributed by atoms with Gasteiger partial charge in [-0.25, -0.2) is 0 Å². The summed E-state index contributed by atoms with van der Waals surface area (Å²) in [6, 6.07) is 8.21. The average molecular weight is 250 g/mol. The van der Waals surface area contributed by atoms with Gasteiger partial charge in [0, 0.05) is 21.5 Å². The van der Waals surface area contributed by atoms with E-state index < -0.39 is 0 Å². The van der Waals surface area contributed by atoms with Crippen LogP contribution in [0.5, 0.6) is 0 Å². The number of hydrogen-bond acceptors (Lipinski definition) is 2. The van der Waals surface area contributed by atoms with Crippen molar-refractivity contribution in [3.05, 3.63) is 34.2 Å². The lowest BCUT2D eigenvalue weighted by atomic mass is 10.2. The molecule has 82 valence electrons. The summed E-state index contributed by atoms with van der Waals surface area (Å²) in [5, 5.41) is 5.28. The molecule has 0 aliphatic rings. The largest absolute Gasteiger partial charge is 0.301 e. The maximum atomic E-state index is 6.30. The van der Waals surface area contributed by atoms with E-state index in [4.69, 9.17) is 11.6 Å². The molecule has 0 amide bonds. The second kappa shape index (κ2) is 5.36. The zero-order chi connectivity index (χ0) is 11.4. The van der Waals surface area contributed by atoms with Crippen molar-refractivity contribution in [3.8, 4) is 11.8 Å². The highest BCUT2D eigenvalue weighted by molar-refractivity contribution is 7.19. The Morgan fingerprint density at radius 3 is 2.94 bits per heavy atom. The highest BCUT2D eigenvalue weighted by Gasteiger charge is 2.08. The predicted molar refractivity (Wildman–Crippen MR) is 72.0 cm³/mol. The number of fused-ring (bicyclic) bond motifs is 1. The molecule has 0 radical (unpaired) electrons. The Hall–Kier alpha value is -1.01. The minimum atomic E-state index is 0.709. The molecule has 0 aliphatic carbocycles. The van der Waals surface area contributed by atoms with Crippen LogP contribution in [0.15, 0.2) is 24.3 Å². The lowest BCUT2D eigenvalue weighted by Crippen LogP contribution is -2.12. The summed E-state index contributed by atoms with van der Waals surface area (Å²) in [6.45, 7) is 3.34. The molecule has 16 heavy (non-hydrogen) atoms. The third-order valence-corrected chi connectivity index (χ3v) is 3.99. The molecule has 0 saturated heterocycles. The summed E-state index contributed by atoms with van der Waals surface area (Å²) in [5.41, 5.74) is 0. The Morgan fingerprint density at radius 1 is 1.38 bits per heavy atom. The number of rotatable bonds is 3. The molecule has 1 nitrogen and oxygen atoms in total. The quantitative estimate of drug-likeness (QED) is 0.647. The molecule has 1 N–H and O–H groups in total. The van der Waals surface area contributed by atoms with E-state index in [1.807, 2.05) is 19.1 Å². The first-order valence-electron chi connectivity index (χ1n) is 5.09. The lowest BCUT2D eigenvalue weighted by molar-refractivity contribution is 0.781. The van der Waals surface area contributed by atoms with Gasteiger partial charge >= 0.3 is 0 Å². The minimum absolute atomic E-state index is 0.709. The third-order valence-electron chi connectivity index (χ3n) is 2.28. The van der Waals surface area contributed by atoms with Gasteiger partial charge in [0.1, 0.15) is 0 Å². The van der Waals surface area contributed by atoms with Crippen molar-refractivity contribution in [2.75, 3.05) is 6.54 Å². The van der Waals surface area contributed by atoms with Gasteiger partial charge in [-0.3, -0.25) is 0 Å². The number of benzene rings is 1. The predicted octanol–water partition coefficient (Wildman–Crippen LogP) is 3.67. The van der Waals surface area contributed by atoms with Crippen LogP contribution in [0.4, 0.5) is 0 Å². The van der Waals surface area contributed by atoms with Crippen molar-refractivity contribution in [3.63, 3.8) is 0 Å². The first-order chi connectivity index (χ1) is 7.83. The highest BCUT2D eigenvalue weighted by Crippen LogP contribution is 2.34. The maximum Gasteiger partial charge on any atom is 0.0636 e. The number of halogens is 1. The van der Waals surface area contributed by atoms with Crippen molar-refractivity contribution in [2.45, 2.75) is 13.5 Å². The molecule has 2 rings (SSSR count). The topological polar surface area (TPSA) is 12.0 Å². The van der Waals surface area contributed by atoms with E-state index in [0.29, 0.717) is 6.54 Å². The van der Waals surface area contributed by atoms with Gasteiger partial charge in [0.15, 0.2) is 0 Å². The van der Waals surface area contributed by atoms with Crippen LogP contribution in [-0.2, 0) is 6.54 Å². The second-order valence-corrected chi connectivity index (χ2v) is 4.88. The molecule has 1 aromatic carbocycles. The molecule has 0 aliphatic heterocycles. The first-order valence-corrected chi connectivity index (χ1v) is 6.28. The van der Waals surface area contributed by atoms with Crippen LogP contribution in [0.2, 0.25) is 5.02 Å². The first kappa shape index (κ1) is 11.5. The van der Waals surface area contributed by atoms with Gasteiger partial charge in [-0.2, -0.15) is 0 Å². The van der Waals surface area contributed by atoms with Gasteiger partial charge in [-0.15, -0.1) is 17.3 Å². The third kappa shape index (κ3) is 2.38. The number of thiophene rings is 1. The molecule has 1 heterocycles.